The molecule has 22 heavy (non-hydrogen) atoms. The van der Waals surface area contributed by atoms with Crippen LogP contribution in [0.5, 0.6) is 0 Å². The number of hydrogen-bond donors (Lipinski definition) is 2. The van der Waals surface area contributed by atoms with Crippen molar-refractivity contribution >= 4 is 16.9 Å². The van der Waals surface area contributed by atoms with Crippen LogP contribution < -0.4 is 10.3 Å². The second-order valence-electron chi connectivity index (χ2n) is 5.47. The first-order chi connectivity index (χ1) is 10.6. The number of furan rings is 1. The molecule has 0 spiro atoms. The van der Waals surface area contributed by atoms with Crippen LogP contribution in [0, 0.1) is 13.8 Å². The van der Waals surface area contributed by atoms with Crippen LogP contribution in [0.15, 0.2) is 29.1 Å². The molecule has 0 saturated heterocycles. The highest BCUT2D eigenvalue weighted by atomic mass is 16.3. The van der Waals surface area contributed by atoms with Gasteiger partial charge in [0.1, 0.15) is 17.7 Å². The Bertz CT molecular complexity index is 790. The summed E-state index contributed by atoms with van der Waals surface area (Å²) in [4.78, 5) is 4.58. The van der Waals surface area contributed by atoms with Crippen molar-refractivity contribution in [1.29, 1.82) is 0 Å². The SMILES string of the molecule is Cc1c(C)n(CCCO)c2nc[n+](Cc3ccco3)c(N)c12. The van der Waals surface area contributed by atoms with E-state index in [4.69, 9.17) is 15.3 Å². The van der Waals surface area contributed by atoms with Crippen molar-refractivity contribution in [2.24, 2.45) is 0 Å². The molecule has 3 rings (SSSR count). The lowest BCUT2D eigenvalue weighted by atomic mass is 10.2. The smallest absolute Gasteiger partial charge is 0.232 e. The Kier molecular flexibility index (Phi) is 3.85. The number of aliphatic hydroxyl groups is 1. The summed E-state index contributed by atoms with van der Waals surface area (Å²) in [5.74, 6) is 1.52. The third kappa shape index (κ3) is 2.35. The van der Waals surface area contributed by atoms with Gasteiger partial charge in [0, 0.05) is 18.8 Å². The Morgan fingerprint density at radius 1 is 1.41 bits per heavy atom. The minimum Gasteiger partial charge on any atom is -0.466 e. The van der Waals surface area contributed by atoms with Gasteiger partial charge in [0.2, 0.25) is 17.8 Å². The molecule has 3 N–H and O–H groups in total. The number of nitrogen functional groups attached to an aromatic ring is 1. The lowest BCUT2D eigenvalue weighted by molar-refractivity contribution is -0.677. The molecule has 3 aromatic heterocycles. The number of rotatable bonds is 5. The summed E-state index contributed by atoms with van der Waals surface area (Å²) in [6.07, 6.45) is 4.10. The summed E-state index contributed by atoms with van der Waals surface area (Å²) in [5, 5.41) is 10.0. The van der Waals surface area contributed by atoms with Gasteiger partial charge in [-0.1, -0.05) is 4.98 Å². The lowest BCUT2D eigenvalue weighted by Gasteiger charge is -2.05. The molecule has 0 aliphatic rings. The zero-order chi connectivity index (χ0) is 15.7. The summed E-state index contributed by atoms with van der Waals surface area (Å²) < 4.78 is 9.39. The molecular formula is C16H21N4O2+. The van der Waals surface area contributed by atoms with E-state index >= 15 is 0 Å². The van der Waals surface area contributed by atoms with Crippen LogP contribution in [0.2, 0.25) is 0 Å². The zero-order valence-corrected chi connectivity index (χ0v) is 12.9. The van der Waals surface area contributed by atoms with Gasteiger partial charge in [0.05, 0.1) is 6.26 Å². The van der Waals surface area contributed by atoms with E-state index in [1.165, 1.54) is 0 Å². The van der Waals surface area contributed by atoms with Gasteiger partial charge < -0.3 is 19.8 Å². The maximum atomic E-state index is 9.07. The summed E-state index contributed by atoms with van der Waals surface area (Å²) in [6, 6.07) is 3.78. The van der Waals surface area contributed by atoms with E-state index in [0.29, 0.717) is 18.8 Å². The van der Waals surface area contributed by atoms with Crippen LogP contribution in [0.3, 0.4) is 0 Å². The van der Waals surface area contributed by atoms with Gasteiger partial charge >= 0.3 is 0 Å². The van der Waals surface area contributed by atoms with Crippen molar-refractivity contribution < 1.29 is 14.1 Å². The predicted molar refractivity (Wildman–Crippen MR) is 83.3 cm³/mol. The van der Waals surface area contributed by atoms with Gasteiger partial charge in [-0.05, 0) is 38.0 Å². The van der Waals surface area contributed by atoms with Gasteiger partial charge in [-0.3, -0.25) is 0 Å². The van der Waals surface area contributed by atoms with Gasteiger partial charge in [0.25, 0.3) is 0 Å². The fourth-order valence-corrected chi connectivity index (χ4v) is 2.81. The monoisotopic (exact) mass is 301 g/mol. The average molecular weight is 301 g/mol. The number of nitrogens with zero attached hydrogens (tertiary/aromatic N) is 3. The van der Waals surface area contributed by atoms with Crippen LogP contribution in [-0.2, 0) is 13.1 Å². The van der Waals surface area contributed by atoms with E-state index in [9.17, 15) is 0 Å². The molecule has 6 nitrogen and oxygen atoms in total. The molecule has 0 unspecified atom stereocenters. The number of nitrogens with two attached hydrogens (primary N) is 1. The summed E-state index contributed by atoms with van der Waals surface area (Å²) in [6.45, 7) is 5.58. The highest BCUT2D eigenvalue weighted by molar-refractivity contribution is 5.89. The normalized spacial score (nSPS) is 11.4. The third-order valence-electron chi connectivity index (χ3n) is 4.13. The van der Waals surface area contributed by atoms with Gasteiger partial charge in [-0.15, -0.1) is 0 Å². The van der Waals surface area contributed by atoms with Crippen molar-refractivity contribution in [3.8, 4) is 0 Å². The minimum absolute atomic E-state index is 0.166. The van der Waals surface area contributed by atoms with Crippen molar-refractivity contribution in [1.82, 2.24) is 9.55 Å². The van der Waals surface area contributed by atoms with Crippen LogP contribution >= 0.6 is 0 Å². The molecule has 0 amide bonds. The molecule has 3 aromatic rings. The standard InChI is InChI=1S/C16H20N4O2/c1-11-12(2)20(6-4-7-21)16-14(11)15(17)19(10-18-16)9-13-5-3-8-22-13/h3,5,8,10,17,21H,4,6-7,9H2,1-2H3/p+1. The molecule has 0 aliphatic carbocycles. The third-order valence-corrected chi connectivity index (χ3v) is 4.13. The Balaban J connectivity index is 2.09. The van der Waals surface area contributed by atoms with Gasteiger partial charge in [-0.25, -0.2) is 4.57 Å². The molecule has 0 atom stereocenters. The predicted octanol–water partition coefficient (Wildman–Crippen LogP) is 1.55. The molecule has 3 heterocycles. The van der Waals surface area contributed by atoms with Crippen LogP contribution in [0.1, 0.15) is 23.4 Å². The van der Waals surface area contributed by atoms with E-state index in [1.54, 1.807) is 12.6 Å². The molecule has 116 valence electrons. The Hall–Kier alpha value is -2.34. The molecule has 0 radical (unpaired) electrons. The first-order valence-corrected chi connectivity index (χ1v) is 7.40. The highest BCUT2D eigenvalue weighted by Crippen LogP contribution is 2.26. The quantitative estimate of drug-likeness (QED) is 0.701. The maximum absolute atomic E-state index is 9.07. The fraction of sp³-hybridized carbons (Fsp3) is 0.375. The first kappa shape index (κ1) is 14.6. The largest absolute Gasteiger partial charge is 0.466 e. The van der Waals surface area contributed by atoms with Crippen LogP contribution in [0.25, 0.3) is 11.0 Å². The molecule has 0 aliphatic heterocycles. The Labute approximate surface area is 128 Å². The van der Waals surface area contributed by atoms with E-state index in [0.717, 1.165) is 34.6 Å². The molecule has 0 fully saturated rings. The number of aliphatic hydroxyl groups excluding tert-OH is 1. The highest BCUT2D eigenvalue weighted by Gasteiger charge is 2.21. The zero-order valence-electron chi connectivity index (χ0n) is 12.9. The molecule has 0 aromatic carbocycles. The van der Waals surface area contributed by atoms with Crippen molar-refractivity contribution in [2.75, 3.05) is 12.3 Å². The van der Waals surface area contributed by atoms with Crippen molar-refractivity contribution in [2.45, 2.75) is 33.4 Å². The summed E-state index contributed by atoms with van der Waals surface area (Å²) in [5.41, 5.74) is 9.51. The number of aryl methyl sites for hydroxylation is 2. The summed E-state index contributed by atoms with van der Waals surface area (Å²) >= 11 is 0. The second kappa shape index (κ2) is 5.81. The first-order valence-electron chi connectivity index (χ1n) is 7.40. The Morgan fingerprint density at radius 3 is 2.91 bits per heavy atom. The number of hydrogen-bond acceptors (Lipinski definition) is 4. The maximum Gasteiger partial charge on any atom is 0.232 e. The van der Waals surface area contributed by atoms with Crippen LogP contribution in [-0.4, -0.2) is 21.3 Å². The molecule has 0 bridgehead atoms. The fourth-order valence-electron chi connectivity index (χ4n) is 2.81. The Morgan fingerprint density at radius 2 is 2.23 bits per heavy atom. The summed E-state index contributed by atoms with van der Waals surface area (Å²) in [7, 11) is 0. The van der Waals surface area contributed by atoms with Crippen molar-refractivity contribution in [3.05, 3.63) is 41.7 Å². The van der Waals surface area contributed by atoms with Gasteiger partial charge in [0.15, 0.2) is 0 Å². The van der Waals surface area contributed by atoms with Gasteiger partial charge in [-0.2, -0.15) is 0 Å². The van der Waals surface area contributed by atoms with E-state index in [-0.39, 0.29) is 6.61 Å². The number of anilines is 1. The molecule has 0 saturated carbocycles. The number of fused-ring (bicyclic) bond motifs is 1. The number of aromatic nitrogens is 3. The lowest BCUT2D eigenvalue weighted by Crippen LogP contribution is -2.38. The molecule has 6 heteroatoms. The van der Waals surface area contributed by atoms with E-state index < -0.39 is 0 Å². The topological polar surface area (TPSA) is 81.1 Å². The van der Waals surface area contributed by atoms with Crippen molar-refractivity contribution in [3.63, 3.8) is 0 Å². The average Bonchev–Trinajstić information content (AvgIpc) is 3.09. The van der Waals surface area contributed by atoms with E-state index in [2.05, 4.69) is 23.4 Å². The van der Waals surface area contributed by atoms with E-state index in [1.807, 2.05) is 16.7 Å². The van der Waals surface area contributed by atoms with Crippen LogP contribution in [0.4, 0.5) is 5.82 Å². The molecular weight excluding hydrogens is 280 g/mol. The minimum atomic E-state index is 0.166. The second-order valence-corrected chi connectivity index (χ2v) is 5.47.